The first-order valence-electron chi connectivity index (χ1n) is 17.2. The fraction of sp³-hybridized carbons (Fsp3) is 0. The molecular formula is C45H25N5O2. The third-order valence-electron chi connectivity index (χ3n) is 10.6. The highest BCUT2D eigenvalue weighted by atomic mass is 16.3. The summed E-state index contributed by atoms with van der Waals surface area (Å²) in [6.07, 6.45) is 11.3. The molecule has 0 bridgehead atoms. The molecule has 0 unspecified atom stereocenters. The van der Waals surface area contributed by atoms with E-state index in [1.54, 1.807) is 0 Å². The van der Waals surface area contributed by atoms with Crippen molar-refractivity contribution in [1.29, 1.82) is 0 Å². The van der Waals surface area contributed by atoms with Crippen LogP contribution in [0.2, 0.25) is 0 Å². The summed E-state index contributed by atoms with van der Waals surface area (Å²) in [5, 5.41) is 8.65. The molecule has 242 valence electrons. The van der Waals surface area contributed by atoms with Gasteiger partial charge < -0.3 is 18.0 Å². The van der Waals surface area contributed by atoms with Crippen molar-refractivity contribution in [2.24, 2.45) is 0 Å². The molecule has 0 saturated heterocycles. The van der Waals surface area contributed by atoms with E-state index in [0.29, 0.717) is 0 Å². The van der Waals surface area contributed by atoms with E-state index in [-0.39, 0.29) is 0 Å². The van der Waals surface area contributed by atoms with E-state index >= 15 is 0 Å². The molecule has 52 heavy (non-hydrogen) atoms. The zero-order chi connectivity index (χ0) is 33.9. The van der Waals surface area contributed by atoms with Crippen LogP contribution < -0.4 is 0 Å². The molecule has 12 aromatic rings. The first-order valence-corrected chi connectivity index (χ1v) is 17.2. The maximum Gasteiger partial charge on any atom is 0.159 e. The van der Waals surface area contributed by atoms with Crippen molar-refractivity contribution < 1.29 is 8.83 Å². The van der Waals surface area contributed by atoms with Crippen molar-refractivity contribution in [2.75, 3.05) is 0 Å². The Morgan fingerprint density at radius 1 is 0.365 bits per heavy atom. The largest absolute Gasteiger partial charge is 0.456 e. The van der Waals surface area contributed by atoms with Crippen LogP contribution in [0, 0.1) is 0 Å². The van der Waals surface area contributed by atoms with Gasteiger partial charge in [0.2, 0.25) is 0 Å². The summed E-state index contributed by atoms with van der Waals surface area (Å²) in [6.45, 7) is 0. The van der Waals surface area contributed by atoms with E-state index in [1.807, 2.05) is 49.3 Å². The van der Waals surface area contributed by atoms with Crippen LogP contribution in [0.1, 0.15) is 0 Å². The van der Waals surface area contributed by atoms with E-state index in [1.165, 1.54) is 0 Å². The third kappa shape index (κ3) is 3.66. The summed E-state index contributed by atoms with van der Waals surface area (Å²) in [5.74, 6) is 0. The molecule has 0 aliphatic rings. The van der Waals surface area contributed by atoms with Crippen LogP contribution in [-0.4, -0.2) is 24.1 Å². The van der Waals surface area contributed by atoms with Crippen LogP contribution >= 0.6 is 0 Å². The standard InChI is InChI=1S/C45H25N5O2/c1-2-10-42-28(5-1)32-22-27(12-14-43(32)51-42)26-11-13-36-31(21-26)33-23-46-18-15-37(33)49(36)40-8-3-6-29-30-7-4-9-41(45(30)52-44(29)40)50-38-16-19-47-24-34(38)35-25-48-20-17-39(35)50/h1-25H. The second-order valence-corrected chi connectivity index (χ2v) is 13.3. The molecule has 0 saturated carbocycles. The second-order valence-electron chi connectivity index (χ2n) is 13.3. The van der Waals surface area contributed by atoms with E-state index < -0.39 is 0 Å². The summed E-state index contributed by atoms with van der Waals surface area (Å²) in [7, 11) is 0. The summed E-state index contributed by atoms with van der Waals surface area (Å²) in [6, 6.07) is 40.3. The predicted molar refractivity (Wildman–Crippen MR) is 208 cm³/mol. The second kappa shape index (κ2) is 10.2. The van der Waals surface area contributed by atoms with Gasteiger partial charge in [0.25, 0.3) is 0 Å². The van der Waals surface area contributed by atoms with Crippen molar-refractivity contribution in [3.05, 3.63) is 152 Å². The van der Waals surface area contributed by atoms with Gasteiger partial charge >= 0.3 is 0 Å². The Bertz CT molecular complexity index is 3380. The highest BCUT2D eigenvalue weighted by Crippen LogP contribution is 2.42. The lowest BCUT2D eigenvalue weighted by molar-refractivity contribution is 0.664. The molecule has 7 aromatic heterocycles. The maximum absolute atomic E-state index is 7.02. The number of nitrogens with zero attached hydrogens (tertiary/aromatic N) is 5. The van der Waals surface area contributed by atoms with Gasteiger partial charge in [-0.2, -0.15) is 0 Å². The van der Waals surface area contributed by atoms with Gasteiger partial charge in [-0.3, -0.25) is 15.0 Å². The number of benzene rings is 5. The lowest BCUT2D eigenvalue weighted by atomic mass is 10.0. The molecule has 0 radical (unpaired) electrons. The number of fused-ring (bicyclic) bond motifs is 12. The zero-order valence-corrected chi connectivity index (χ0v) is 27.5. The lowest BCUT2D eigenvalue weighted by Gasteiger charge is -2.09. The fourth-order valence-electron chi connectivity index (χ4n) is 8.32. The molecule has 0 spiro atoms. The predicted octanol–water partition coefficient (Wildman–Crippen LogP) is 11.5. The molecule has 0 atom stereocenters. The number of aromatic nitrogens is 5. The number of furan rings is 2. The zero-order valence-electron chi connectivity index (χ0n) is 27.5. The number of pyridine rings is 3. The molecular weight excluding hydrogens is 643 g/mol. The summed E-state index contributed by atoms with van der Waals surface area (Å²) in [5.41, 5.74) is 11.9. The topological polar surface area (TPSA) is 74.8 Å². The number of para-hydroxylation sites is 3. The lowest BCUT2D eigenvalue weighted by Crippen LogP contribution is -1.94. The van der Waals surface area contributed by atoms with Gasteiger partial charge in [-0.15, -0.1) is 0 Å². The monoisotopic (exact) mass is 667 g/mol. The fourth-order valence-corrected chi connectivity index (χ4v) is 8.32. The Morgan fingerprint density at radius 2 is 0.865 bits per heavy atom. The van der Waals surface area contributed by atoms with Crippen LogP contribution in [0.5, 0.6) is 0 Å². The van der Waals surface area contributed by atoms with Crippen LogP contribution in [0.15, 0.2) is 161 Å². The van der Waals surface area contributed by atoms with Crippen LogP contribution in [0.25, 0.3) is 110 Å². The average molecular weight is 668 g/mol. The number of rotatable bonds is 3. The number of hydrogen-bond acceptors (Lipinski definition) is 5. The molecule has 0 N–H and O–H groups in total. The molecule has 0 fully saturated rings. The quantitative estimate of drug-likeness (QED) is 0.187. The van der Waals surface area contributed by atoms with Crippen molar-refractivity contribution in [3.63, 3.8) is 0 Å². The van der Waals surface area contributed by atoms with E-state index in [4.69, 9.17) is 8.83 Å². The van der Waals surface area contributed by atoms with E-state index in [2.05, 4.69) is 127 Å². The SMILES string of the molecule is c1ccc2c(c1)oc1ccc(-c3ccc4c(c3)c3cnccc3n4-c3cccc4c3oc3c(-n5c6ccncc6c6cnccc65)cccc34)cc12. The summed E-state index contributed by atoms with van der Waals surface area (Å²) >= 11 is 0. The van der Waals surface area contributed by atoms with Crippen molar-refractivity contribution in [3.8, 4) is 22.5 Å². The molecule has 0 amide bonds. The molecule has 7 nitrogen and oxygen atoms in total. The smallest absolute Gasteiger partial charge is 0.159 e. The Balaban J connectivity index is 1.09. The molecule has 12 rings (SSSR count). The van der Waals surface area contributed by atoms with Crippen LogP contribution in [-0.2, 0) is 0 Å². The van der Waals surface area contributed by atoms with E-state index in [9.17, 15) is 0 Å². The first-order chi connectivity index (χ1) is 25.8. The highest BCUT2D eigenvalue weighted by Gasteiger charge is 2.21. The Kier molecular flexibility index (Phi) is 5.38. The van der Waals surface area contributed by atoms with Crippen molar-refractivity contribution in [1.82, 2.24) is 24.1 Å². The molecule has 7 heteroatoms. The van der Waals surface area contributed by atoms with Crippen LogP contribution in [0.3, 0.4) is 0 Å². The Hall–Kier alpha value is -7.25. The van der Waals surface area contributed by atoms with Gasteiger partial charge in [-0.05, 0) is 71.8 Å². The van der Waals surface area contributed by atoms with Crippen LogP contribution in [0.4, 0.5) is 0 Å². The molecule has 0 aliphatic carbocycles. The average Bonchev–Trinajstić information content (AvgIpc) is 3.95. The van der Waals surface area contributed by atoms with Gasteiger partial charge in [-0.1, -0.05) is 54.6 Å². The van der Waals surface area contributed by atoms with E-state index in [0.717, 1.165) is 110 Å². The van der Waals surface area contributed by atoms with Gasteiger partial charge in [0.05, 0.1) is 33.4 Å². The molecule has 0 aliphatic heterocycles. The number of hydrogen-bond donors (Lipinski definition) is 0. The molecule has 5 aromatic carbocycles. The Morgan fingerprint density at radius 3 is 1.50 bits per heavy atom. The van der Waals surface area contributed by atoms with Crippen molar-refractivity contribution in [2.45, 2.75) is 0 Å². The normalized spacial score (nSPS) is 12.2. The van der Waals surface area contributed by atoms with Gasteiger partial charge in [0.15, 0.2) is 11.2 Å². The maximum atomic E-state index is 7.02. The Labute approximate surface area is 294 Å². The van der Waals surface area contributed by atoms with Gasteiger partial charge in [0, 0.05) is 80.3 Å². The minimum atomic E-state index is 0.823. The van der Waals surface area contributed by atoms with Gasteiger partial charge in [0.1, 0.15) is 11.2 Å². The molecule has 7 heterocycles. The summed E-state index contributed by atoms with van der Waals surface area (Å²) in [4.78, 5) is 13.4. The minimum absolute atomic E-state index is 0.823. The minimum Gasteiger partial charge on any atom is -0.456 e. The highest BCUT2D eigenvalue weighted by molar-refractivity contribution is 6.16. The van der Waals surface area contributed by atoms with Gasteiger partial charge in [-0.25, -0.2) is 0 Å². The van der Waals surface area contributed by atoms with Crippen molar-refractivity contribution >= 4 is 87.5 Å². The summed E-state index contributed by atoms with van der Waals surface area (Å²) < 4.78 is 17.7. The first kappa shape index (κ1) is 27.6. The third-order valence-corrected chi connectivity index (χ3v) is 10.6.